The highest BCUT2D eigenvalue weighted by Crippen LogP contribution is 2.14. The highest BCUT2D eigenvalue weighted by molar-refractivity contribution is 5.72. The molecule has 0 aromatic rings. The molecule has 66 valence electrons. The SMILES string of the molecule is CC(C)C[C@@H](C)[C@H](O)C(=O)O. The van der Waals surface area contributed by atoms with E-state index in [0.29, 0.717) is 5.92 Å². The summed E-state index contributed by atoms with van der Waals surface area (Å²) in [6.45, 7) is 5.76. The summed E-state index contributed by atoms with van der Waals surface area (Å²) in [4.78, 5) is 10.3. The minimum Gasteiger partial charge on any atom is -0.479 e. The molecule has 0 spiro atoms. The molecule has 3 nitrogen and oxygen atoms in total. The summed E-state index contributed by atoms with van der Waals surface area (Å²) in [5.41, 5.74) is 0. The van der Waals surface area contributed by atoms with E-state index in [0.717, 1.165) is 6.42 Å². The largest absolute Gasteiger partial charge is 0.479 e. The molecule has 0 fully saturated rings. The van der Waals surface area contributed by atoms with Gasteiger partial charge in [-0.05, 0) is 18.3 Å². The van der Waals surface area contributed by atoms with Crippen LogP contribution >= 0.6 is 0 Å². The minimum atomic E-state index is -1.21. The van der Waals surface area contributed by atoms with Crippen LogP contribution in [0.3, 0.4) is 0 Å². The molecule has 2 atom stereocenters. The Morgan fingerprint density at radius 3 is 2.09 bits per heavy atom. The molecule has 0 bridgehead atoms. The zero-order chi connectivity index (χ0) is 9.02. The lowest BCUT2D eigenvalue weighted by atomic mass is 9.94. The number of hydrogen-bond acceptors (Lipinski definition) is 2. The molecule has 0 aliphatic carbocycles. The maximum atomic E-state index is 10.3. The molecule has 0 aliphatic heterocycles. The van der Waals surface area contributed by atoms with Gasteiger partial charge in [0.15, 0.2) is 6.10 Å². The van der Waals surface area contributed by atoms with Crippen LogP contribution in [0, 0.1) is 11.8 Å². The minimum absolute atomic E-state index is 0.160. The van der Waals surface area contributed by atoms with E-state index in [1.165, 1.54) is 0 Å². The summed E-state index contributed by atoms with van der Waals surface area (Å²) < 4.78 is 0. The van der Waals surface area contributed by atoms with E-state index in [2.05, 4.69) is 0 Å². The van der Waals surface area contributed by atoms with Crippen LogP contribution in [0.2, 0.25) is 0 Å². The van der Waals surface area contributed by atoms with Gasteiger partial charge in [-0.1, -0.05) is 20.8 Å². The molecule has 0 unspecified atom stereocenters. The van der Waals surface area contributed by atoms with Crippen molar-refractivity contribution in [2.45, 2.75) is 33.3 Å². The first-order valence-corrected chi connectivity index (χ1v) is 3.86. The first-order valence-electron chi connectivity index (χ1n) is 3.86. The Morgan fingerprint density at radius 1 is 1.36 bits per heavy atom. The molecular formula is C8H16O3. The fourth-order valence-corrected chi connectivity index (χ4v) is 1.12. The van der Waals surface area contributed by atoms with Gasteiger partial charge in [-0.3, -0.25) is 0 Å². The van der Waals surface area contributed by atoms with Crippen LogP contribution in [0.1, 0.15) is 27.2 Å². The summed E-state index contributed by atoms with van der Waals surface area (Å²) >= 11 is 0. The molecule has 3 heteroatoms. The summed E-state index contributed by atoms with van der Waals surface area (Å²) in [7, 11) is 0. The number of aliphatic carboxylic acids is 1. The third-order valence-electron chi connectivity index (χ3n) is 1.64. The molecule has 0 amide bonds. The van der Waals surface area contributed by atoms with Crippen molar-refractivity contribution in [2.24, 2.45) is 11.8 Å². The maximum absolute atomic E-state index is 10.3. The molecule has 0 saturated carbocycles. The Balaban J connectivity index is 3.82. The smallest absolute Gasteiger partial charge is 0.332 e. The van der Waals surface area contributed by atoms with Gasteiger partial charge in [-0.15, -0.1) is 0 Å². The number of aliphatic hydroxyl groups is 1. The van der Waals surface area contributed by atoms with Gasteiger partial charge in [0.25, 0.3) is 0 Å². The van der Waals surface area contributed by atoms with E-state index in [9.17, 15) is 4.79 Å². The third-order valence-corrected chi connectivity index (χ3v) is 1.64. The van der Waals surface area contributed by atoms with Crippen LogP contribution in [0.4, 0.5) is 0 Å². The summed E-state index contributed by atoms with van der Waals surface area (Å²) in [5, 5.41) is 17.5. The van der Waals surface area contributed by atoms with Crippen LogP contribution in [0.15, 0.2) is 0 Å². The number of carbonyl (C=O) groups is 1. The molecule has 0 aromatic heterocycles. The number of rotatable bonds is 4. The second kappa shape index (κ2) is 4.34. The molecule has 2 N–H and O–H groups in total. The molecule has 0 radical (unpaired) electrons. The van der Waals surface area contributed by atoms with Gasteiger partial charge in [0, 0.05) is 0 Å². The zero-order valence-corrected chi connectivity index (χ0v) is 7.24. The number of hydrogen-bond donors (Lipinski definition) is 2. The predicted octanol–water partition coefficient (Wildman–Crippen LogP) is 1.11. The Kier molecular flexibility index (Phi) is 4.11. The fourth-order valence-electron chi connectivity index (χ4n) is 1.12. The number of carboxylic acids is 1. The van der Waals surface area contributed by atoms with Crippen molar-refractivity contribution in [3.63, 3.8) is 0 Å². The van der Waals surface area contributed by atoms with Crippen LogP contribution in [0.5, 0.6) is 0 Å². The second-order valence-electron chi connectivity index (χ2n) is 3.39. The standard InChI is InChI=1S/C8H16O3/c1-5(2)4-6(3)7(9)8(10)11/h5-7,9H,4H2,1-3H3,(H,10,11)/t6-,7+/m1/s1. The van der Waals surface area contributed by atoms with Gasteiger partial charge >= 0.3 is 5.97 Å². The van der Waals surface area contributed by atoms with Crippen molar-refractivity contribution in [1.29, 1.82) is 0 Å². The number of carboxylic acid groups (broad SMARTS) is 1. The molecule has 0 aliphatic rings. The lowest BCUT2D eigenvalue weighted by Gasteiger charge is -2.16. The Labute approximate surface area is 67.0 Å². The van der Waals surface area contributed by atoms with E-state index in [4.69, 9.17) is 10.2 Å². The van der Waals surface area contributed by atoms with Crippen molar-refractivity contribution in [2.75, 3.05) is 0 Å². The Hall–Kier alpha value is -0.570. The zero-order valence-electron chi connectivity index (χ0n) is 7.24. The van der Waals surface area contributed by atoms with E-state index in [-0.39, 0.29) is 5.92 Å². The van der Waals surface area contributed by atoms with Gasteiger partial charge in [0.2, 0.25) is 0 Å². The lowest BCUT2D eigenvalue weighted by molar-refractivity contribution is -0.149. The van der Waals surface area contributed by atoms with E-state index in [1.54, 1.807) is 6.92 Å². The van der Waals surface area contributed by atoms with Gasteiger partial charge in [0.05, 0.1) is 0 Å². The normalized spacial score (nSPS) is 16.5. The quantitative estimate of drug-likeness (QED) is 0.647. The average Bonchev–Trinajstić information content (AvgIpc) is 1.84. The Bertz CT molecular complexity index is 131. The molecule has 0 heterocycles. The van der Waals surface area contributed by atoms with Crippen molar-refractivity contribution in [3.8, 4) is 0 Å². The first-order chi connectivity index (χ1) is 4.95. The first kappa shape index (κ1) is 10.4. The lowest BCUT2D eigenvalue weighted by Crippen LogP contribution is -2.28. The van der Waals surface area contributed by atoms with E-state index >= 15 is 0 Å². The van der Waals surface area contributed by atoms with Crippen LogP contribution in [-0.4, -0.2) is 22.3 Å². The van der Waals surface area contributed by atoms with E-state index < -0.39 is 12.1 Å². The highest BCUT2D eigenvalue weighted by atomic mass is 16.4. The van der Waals surface area contributed by atoms with Crippen LogP contribution in [0.25, 0.3) is 0 Å². The van der Waals surface area contributed by atoms with Crippen LogP contribution in [-0.2, 0) is 4.79 Å². The van der Waals surface area contributed by atoms with Crippen molar-refractivity contribution < 1.29 is 15.0 Å². The van der Waals surface area contributed by atoms with Crippen LogP contribution < -0.4 is 0 Å². The monoisotopic (exact) mass is 160 g/mol. The average molecular weight is 160 g/mol. The van der Waals surface area contributed by atoms with E-state index in [1.807, 2.05) is 13.8 Å². The highest BCUT2D eigenvalue weighted by Gasteiger charge is 2.21. The molecule has 0 rings (SSSR count). The summed E-state index contributed by atoms with van der Waals surface area (Å²) in [6.07, 6.45) is -0.467. The number of aliphatic hydroxyl groups excluding tert-OH is 1. The molecular weight excluding hydrogens is 144 g/mol. The van der Waals surface area contributed by atoms with Crippen molar-refractivity contribution in [1.82, 2.24) is 0 Å². The summed E-state index contributed by atoms with van der Waals surface area (Å²) in [5.74, 6) is -0.857. The molecule has 0 saturated heterocycles. The maximum Gasteiger partial charge on any atom is 0.332 e. The molecule has 11 heavy (non-hydrogen) atoms. The fraction of sp³-hybridized carbons (Fsp3) is 0.875. The topological polar surface area (TPSA) is 57.5 Å². The summed E-state index contributed by atoms with van der Waals surface area (Å²) in [6, 6.07) is 0. The van der Waals surface area contributed by atoms with Gasteiger partial charge in [-0.2, -0.15) is 0 Å². The molecule has 0 aromatic carbocycles. The second-order valence-corrected chi connectivity index (χ2v) is 3.39. The Morgan fingerprint density at radius 2 is 1.82 bits per heavy atom. The van der Waals surface area contributed by atoms with Crippen molar-refractivity contribution in [3.05, 3.63) is 0 Å². The van der Waals surface area contributed by atoms with Gasteiger partial charge < -0.3 is 10.2 Å². The van der Waals surface area contributed by atoms with Gasteiger partial charge in [-0.25, -0.2) is 4.79 Å². The van der Waals surface area contributed by atoms with Gasteiger partial charge in [0.1, 0.15) is 0 Å². The predicted molar refractivity (Wildman–Crippen MR) is 42.3 cm³/mol. The third kappa shape index (κ3) is 3.98. The van der Waals surface area contributed by atoms with Crippen molar-refractivity contribution >= 4 is 5.97 Å².